The van der Waals surface area contributed by atoms with E-state index in [1.54, 1.807) is 6.07 Å². The third-order valence-electron chi connectivity index (χ3n) is 2.28. The van der Waals surface area contributed by atoms with Crippen molar-refractivity contribution < 1.29 is 18.3 Å². The molecule has 16 heavy (non-hydrogen) atoms. The Hall–Kier alpha value is -1.69. The zero-order valence-electron chi connectivity index (χ0n) is 8.24. The highest BCUT2D eigenvalue weighted by molar-refractivity contribution is 6.02. The molecule has 1 aromatic rings. The van der Waals surface area contributed by atoms with Crippen LogP contribution in [0.3, 0.4) is 0 Å². The number of nitrogens with two attached hydrogens (primary N) is 1. The van der Waals surface area contributed by atoms with Crippen molar-refractivity contribution in [3.8, 4) is 5.75 Å². The normalized spacial score (nSPS) is 18.5. The molecule has 86 valence electrons. The standard InChI is InChI=1S/C10H10F2N2O2/c11-8(12)4-16-5-1-2-6-7(3-5)14-10(15)9(6)13/h1-3,8-9H,4,13H2,(H,14,15). The first-order valence-electron chi connectivity index (χ1n) is 4.69. The van der Waals surface area contributed by atoms with Crippen LogP contribution in [-0.2, 0) is 4.79 Å². The van der Waals surface area contributed by atoms with Gasteiger partial charge >= 0.3 is 0 Å². The summed E-state index contributed by atoms with van der Waals surface area (Å²) in [4.78, 5) is 11.2. The number of benzene rings is 1. The molecule has 3 N–H and O–H groups in total. The van der Waals surface area contributed by atoms with Crippen molar-refractivity contribution >= 4 is 11.6 Å². The number of carbonyl (C=O) groups is 1. The van der Waals surface area contributed by atoms with E-state index in [0.29, 0.717) is 11.3 Å². The smallest absolute Gasteiger partial charge is 0.272 e. The number of hydrogen-bond acceptors (Lipinski definition) is 3. The van der Waals surface area contributed by atoms with Crippen LogP contribution < -0.4 is 15.8 Å². The number of fused-ring (bicyclic) bond motifs is 1. The van der Waals surface area contributed by atoms with Crippen LogP contribution in [0.25, 0.3) is 0 Å². The van der Waals surface area contributed by atoms with Crippen LogP contribution in [0.5, 0.6) is 5.75 Å². The molecule has 4 nitrogen and oxygen atoms in total. The predicted molar refractivity (Wildman–Crippen MR) is 53.5 cm³/mol. The average Bonchev–Trinajstić information content (AvgIpc) is 2.52. The molecular weight excluding hydrogens is 218 g/mol. The second-order valence-electron chi connectivity index (χ2n) is 3.42. The molecular formula is C10H10F2N2O2. The number of amides is 1. The lowest BCUT2D eigenvalue weighted by atomic mass is 10.1. The first-order valence-corrected chi connectivity index (χ1v) is 4.69. The zero-order valence-corrected chi connectivity index (χ0v) is 8.24. The number of halogens is 2. The predicted octanol–water partition coefficient (Wildman–Crippen LogP) is 1.28. The van der Waals surface area contributed by atoms with Crippen molar-refractivity contribution in [1.29, 1.82) is 0 Å². The summed E-state index contributed by atoms with van der Waals surface area (Å²) in [5, 5.41) is 2.54. The largest absolute Gasteiger partial charge is 0.488 e. The molecule has 0 aromatic heterocycles. The fraction of sp³-hybridized carbons (Fsp3) is 0.300. The van der Waals surface area contributed by atoms with Gasteiger partial charge in [0.05, 0.1) is 0 Å². The van der Waals surface area contributed by atoms with Crippen molar-refractivity contribution in [3.05, 3.63) is 23.8 Å². The number of anilines is 1. The van der Waals surface area contributed by atoms with Crippen LogP contribution in [0, 0.1) is 0 Å². The van der Waals surface area contributed by atoms with Crippen LogP contribution in [0.1, 0.15) is 11.6 Å². The van der Waals surface area contributed by atoms with Gasteiger partial charge in [-0.05, 0) is 6.07 Å². The second-order valence-corrected chi connectivity index (χ2v) is 3.42. The Morgan fingerprint density at radius 2 is 2.25 bits per heavy atom. The van der Waals surface area contributed by atoms with Crippen LogP contribution in [0.4, 0.5) is 14.5 Å². The van der Waals surface area contributed by atoms with Gasteiger partial charge in [0.25, 0.3) is 6.43 Å². The Morgan fingerprint density at radius 3 is 2.94 bits per heavy atom. The fourth-order valence-electron chi connectivity index (χ4n) is 1.52. The first kappa shape index (κ1) is 10.8. The summed E-state index contributed by atoms with van der Waals surface area (Å²) in [7, 11) is 0. The number of nitrogens with one attached hydrogen (secondary N) is 1. The van der Waals surface area contributed by atoms with Gasteiger partial charge in [-0.1, -0.05) is 6.07 Å². The Bertz CT molecular complexity index is 423. The van der Waals surface area contributed by atoms with Crippen molar-refractivity contribution in [2.75, 3.05) is 11.9 Å². The lowest BCUT2D eigenvalue weighted by Crippen LogP contribution is -2.19. The summed E-state index contributed by atoms with van der Waals surface area (Å²) >= 11 is 0. The highest BCUT2D eigenvalue weighted by Crippen LogP contribution is 2.32. The first-order chi connectivity index (χ1) is 7.58. The highest BCUT2D eigenvalue weighted by atomic mass is 19.3. The van der Waals surface area contributed by atoms with Crippen molar-refractivity contribution in [3.63, 3.8) is 0 Å². The quantitative estimate of drug-likeness (QED) is 0.819. The summed E-state index contributed by atoms with van der Waals surface area (Å²) in [6.45, 7) is -0.668. The van der Waals surface area contributed by atoms with Crippen molar-refractivity contribution in [2.24, 2.45) is 5.73 Å². The molecule has 0 saturated carbocycles. The number of rotatable bonds is 3. The van der Waals surface area contributed by atoms with Crippen molar-refractivity contribution in [2.45, 2.75) is 12.5 Å². The van der Waals surface area contributed by atoms with E-state index in [0.717, 1.165) is 0 Å². The third kappa shape index (κ3) is 1.96. The molecule has 1 amide bonds. The highest BCUT2D eigenvalue weighted by Gasteiger charge is 2.27. The minimum absolute atomic E-state index is 0.286. The van der Waals surface area contributed by atoms with Gasteiger partial charge in [-0.15, -0.1) is 0 Å². The molecule has 6 heteroatoms. The van der Waals surface area contributed by atoms with E-state index < -0.39 is 19.1 Å². The van der Waals surface area contributed by atoms with E-state index in [1.807, 2.05) is 0 Å². The van der Waals surface area contributed by atoms with Crippen LogP contribution in [0.15, 0.2) is 18.2 Å². The molecule has 1 aromatic carbocycles. The van der Waals surface area contributed by atoms with Gasteiger partial charge in [0.1, 0.15) is 18.4 Å². The second kappa shape index (κ2) is 4.05. The minimum atomic E-state index is -2.52. The number of alkyl halides is 2. The van der Waals surface area contributed by atoms with Crippen molar-refractivity contribution in [1.82, 2.24) is 0 Å². The maximum atomic E-state index is 11.9. The maximum Gasteiger partial charge on any atom is 0.272 e. The summed E-state index contributed by atoms with van der Waals surface area (Å²) in [6, 6.07) is 3.90. The van der Waals surface area contributed by atoms with E-state index in [2.05, 4.69) is 5.32 Å². The van der Waals surface area contributed by atoms with Gasteiger partial charge in [0.2, 0.25) is 5.91 Å². The van der Waals surface area contributed by atoms with E-state index in [9.17, 15) is 13.6 Å². The van der Waals surface area contributed by atoms with Gasteiger partial charge in [-0.25, -0.2) is 8.78 Å². The Labute approximate surface area is 90.4 Å². The number of ether oxygens (including phenoxy) is 1. The van der Waals surface area contributed by atoms with Gasteiger partial charge in [0.15, 0.2) is 0 Å². The molecule has 1 aliphatic heterocycles. The lowest BCUT2D eigenvalue weighted by Gasteiger charge is -2.07. The summed E-state index contributed by atoms with van der Waals surface area (Å²) in [6.07, 6.45) is -2.52. The summed E-state index contributed by atoms with van der Waals surface area (Å²) < 4.78 is 28.6. The van der Waals surface area contributed by atoms with Gasteiger partial charge < -0.3 is 15.8 Å². The molecule has 0 aliphatic carbocycles. The van der Waals surface area contributed by atoms with E-state index in [1.165, 1.54) is 12.1 Å². The average molecular weight is 228 g/mol. The molecule has 0 fully saturated rings. The van der Waals surface area contributed by atoms with Crippen LogP contribution in [-0.4, -0.2) is 18.9 Å². The molecule has 0 radical (unpaired) electrons. The lowest BCUT2D eigenvalue weighted by molar-refractivity contribution is -0.116. The van der Waals surface area contributed by atoms with Gasteiger partial charge in [0, 0.05) is 17.3 Å². The molecule has 1 aliphatic rings. The van der Waals surface area contributed by atoms with E-state index in [4.69, 9.17) is 10.5 Å². The van der Waals surface area contributed by atoms with E-state index >= 15 is 0 Å². The molecule has 1 heterocycles. The Morgan fingerprint density at radius 1 is 1.50 bits per heavy atom. The van der Waals surface area contributed by atoms with Gasteiger partial charge in [-0.3, -0.25) is 4.79 Å². The molecule has 1 atom stereocenters. The number of hydrogen-bond donors (Lipinski definition) is 2. The summed E-state index contributed by atoms with van der Waals surface area (Å²) in [5.41, 5.74) is 6.75. The molecule has 0 bridgehead atoms. The van der Waals surface area contributed by atoms with Crippen LogP contribution >= 0.6 is 0 Å². The minimum Gasteiger partial charge on any atom is -0.488 e. The molecule has 0 saturated heterocycles. The van der Waals surface area contributed by atoms with E-state index in [-0.39, 0.29) is 11.7 Å². The topological polar surface area (TPSA) is 64.4 Å². The molecule has 2 rings (SSSR count). The third-order valence-corrected chi connectivity index (χ3v) is 2.28. The number of carbonyl (C=O) groups excluding carboxylic acids is 1. The van der Waals surface area contributed by atoms with Gasteiger partial charge in [-0.2, -0.15) is 0 Å². The zero-order chi connectivity index (χ0) is 11.7. The Balaban J connectivity index is 2.15. The monoisotopic (exact) mass is 228 g/mol. The summed E-state index contributed by atoms with van der Waals surface area (Å²) in [5.74, 6) is -0.0190. The van der Waals surface area contributed by atoms with Crippen LogP contribution in [0.2, 0.25) is 0 Å². The maximum absolute atomic E-state index is 11.9. The SMILES string of the molecule is NC1C(=O)Nc2cc(OCC(F)F)ccc21. The Kier molecular flexibility index (Phi) is 2.74. The fourth-order valence-corrected chi connectivity index (χ4v) is 1.52. The molecule has 1 unspecified atom stereocenters. The molecule has 0 spiro atoms.